The maximum Gasteiger partial charge on any atom is 0.325 e. The summed E-state index contributed by atoms with van der Waals surface area (Å²) in [5, 5.41) is 24.5. The van der Waals surface area contributed by atoms with Gasteiger partial charge in [0.2, 0.25) is 0 Å². The van der Waals surface area contributed by atoms with Gasteiger partial charge >= 0.3 is 17.9 Å². The van der Waals surface area contributed by atoms with E-state index in [0.29, 0.717) is 5.75 Å². The Labute approximate surface area is 190 Å². The van der Waals surface area contributed by atoms with Crippen LogP contribution in [0.3, 0.4) is 0 Å². The molecule has 0 aromatic rings. The SMILES string of the molecule is CSCC([C@H](N)C(=O)O)[S+]([O-])C(CSC)[C@H](N)C(=O)O.C[S+]([O-])CCC(N)C(=O)O. The van der Waals surface area contributed by atoms with Gasteiger partial charge in [0.1, 0.15) is 11.8 Å². The third-order valence-electron chi connectivity index (χ3n) is 3.66. The highest BCUT2D eigenvalue weighted by atomic mass is 32.2. The van der Waals surface area contributed by atoms with Gasteiger partial charge in [-0.3, -0.25) is 14.4 Å². The van der Waals surface area contributed by atoms with Gasteiger partial charge in [-0.05, 0) is 23.7 Å². The Balaban J connectivity index is 0. The molecule has 0 radical (unpaired) electrons. The monoisotopic (exact) mass is 509 g/mol. The van der Waals surface area contributed by atoms with Gasteiger partial charge in [0.05, 0.1) is 6.26 Å². The van der Waals surface area contributed by atoms with Crippen molar-refractivity contribution in [2.75, 3.05) is 36.0 Å². The molecule has 0 rings (SSSR count). The zero-order valence-electron chi connectivity index (χ0n) is 17.0. The fourth-order valence-corrected chi connectivity index (χ4v) is 6.72. The second-order valence-electron chi connectivity index (χ2n) is 6.05. The quantitative estimate of drug-likeness (QED) is 0.142. The standard InChI is InChI=1S/C10H20N2O5S3.C5H11NO3S/c1-18-3-5(7(11)9(13)14)20(17)6(4-19-2)8(12)10(15)16;1-10(9)3-2-4(6)5(7)8/h5-8H,3-4,11-12H2,1-2H3,(H,13,14)(H,15,16);4H,2-3,6H2,1H3,(H,7,8)/t5?,6?,7-,8-,20?;/m0./s1. The summed E-state index contributed by atoms with van der Waals surface area (Å²) in [7, 11) is 0. The van der Waals surface area contributed by atoms with Gasteiger partial charge < -0.3 is 41.6 Å². The summed E-state index contributed by atoms with van der Waals surface area (Å²) in [5.41, 5.74) is 16.2. The Kier molecular flexibility index (Phi) is 18.2. The predicted molar refractivity (Wildman–Crippen MR) is 123 cm³/mol. The number of carboxylic acids is 3. The molecule has 0 aromatic heterocycles. The predicted octanol–water partition coefficient (Wildman–Crippen LogP) is -1.81. The number of nitrogens with two attached hydrogens (primary N) is 3. The molecule has 0 saturated heterocycles. The maximum absolute atomic E-state index is 12.5. The molecule has 0 aromatic carbocycles. The highest BCUT2D eigenvalue weighted by molar-refractivity contribution is 8.01. The Morgan fingerprint density at radius 1 is 0.867 bits per heavy atom. The minimum Gasteiger partial charge on any atom is -0.617 e. The van der Waals surface area contributed by atoms with Crippen molar-refractivity contribution in [3.63, 3.8) is 0 Å². The van der Waals surface area contributed by atoms with Crippen LogP contribution in [-0.2, 0) is 36.7 Å². The molecule has 0 amide bonds. The van der Waals surface area contributed by atoms with Crippen LogP contribution in [-0.4, -0.2) is 107 Å². The summed E-state index contributed by atoms with van der Waals surface area (Å²) in [4.78, 5) is 32.1. The van der Waals surface area contributed by atoms with Gasteiger partial charge in [-0.25, -0.2) is 0 Å². The van der Waals surface area contributed by atoms with Gasteiger partial charge in [0.25, 0.3) is 0 Å². The van der Waals surface area contributed by atoms with Crippen LogP contribution in [0.5, 0.6) is 0 Å². The summed E-state index contributed by atoms with van der Waals surface area (Å²) >= 11 is -0.0801. The van der Waals surface area contributed by atoms with E-state index in [4.69, 9.17) is 32.5 Å². The van der Waals surface area contributed by atoms with Gasteiger partial charge in [0.15, 0.2) is 22.6 Å². The van der Waals surface area contributed by atoms with E-state index >= 15 is 0 Å². The molecule has 11 nitrogen and oxygen atoms in total. The van der Waals surface area contributed by atoms with Crippen molar-refractivity contribution in [1.29, 1.82) is 0 Å². The number of thioether (sulfide) groups is 2. The van der Waals surface area contributed by atoms with Crippen LogP contribution in [0.4, 0.5) is 0 Å². The molecule has 0 aliphatic carbocycles. The number of carboxylic acid groups (broad SMARTS) is 3. The van der Waals surface area contributed by atoms with Crippen molar-refractivity contribution in [3.05, 3.63) is 0 Å². The lowest BCUT2D eigenvalue weighted by Crippen LogP contribution is -2.56. The van der Waals surface area contributed by atoms with Crippen LogP contribution in [0, 0.1) is 0 Å². The van der Waals surface area contributed by atoms with Gasteiger partial charge in [-0.15, -0.1) is 0 Å². The van der Waals surface area contributed by atoms with E-state index in [1.54, 1.807) is 12.5 Å². The number of rotatable bonds is 14. The molecule has 0 spiro atoms. The van der Waals surface area contributed by atoms with Crippen LogP contribution in [0.2, 0.25) is 0 Å². The second-order valence-corrected chi connectivity index (χ2v) is 11.3. The van der Waals surface area contributed by atoms with E-state index < -0.39 is 68.9 Å². The molecular weight excluding hydrogens is 478 g/mol. The van der Waals surface area contributed by atoms with E-state index in [0.717, 1.165) is 0 Å². The molecule has 0 aliphatic rings. The summed E-state index contributed by atoms with van der Waals surface area (Å²) in [6.07, 6.45) is 5.27. The van der Waals surface area contributed by atoms with E-state index in [1.807, 2.05) is 0 Å². The Hall–Kier alpha value is -0.390. The Morgan fingerprint density at radius 3 is 1.47 bits per heavy atom. The number of aliphatic carboxylic acids is 3. The first-order chi connectivity index (χ1) is 13.8. The summed E-state index contributed by atoms with van der Waals surface area (Å²) < 4.78 is 22.9. The lowest BCUT2D eigenvalue weighted by atomic mass is 10.2. The van der Waals surface area contributed by atoms with Crippen LogP contribution < -0.4 is 17.2 Å². The first kappa shape index (κ1) is 31.8. The van der Waals surface area contributed by atoms with Crippen LogP contribution in [0.25, 0.3) is 0 Å². The van der Waals surface area contributed by atoms with Crippen LogP contribution in [0.1, 0.15) is 6.42 Å². The molecule has 0 saturated carbocycles. The molecule has 15 heteroatoms. The summed E-state index contributed by atoms with van der Waals surface area (Å²) in [5.74, 6) is -2.68. The summed E-state index contributed by atoms with van der Waals surface area (Å²) in [6.45, 7) is 0. The molecule has 178 valence electrons. The van der Waals surface area contributed by atoms with Gasteiger partial charge in [-0.1, -0.05) is 11.2 Å². The smallest absolute Gasteiger partial charge is 0.325 e. The molecule has 0 fully saturated rings. The molecule has 9 N–H and O–H groups in total. The van der Waals surface area contributed by atoms with E-state index in [-0.39, 0.29) is 17.9 Å². The Morgan fingerprint density at radius 2 is 1.23 bits per heavy atom. The van der Waals surface area contributed by atoms with Gasteiger partial charge in [-0.2, -0.15) is 23.5 Å². The van der Waals surface area contributed by atoms with Crippen molar-refractivity contribution < 1.29 is 38.8 Å². The Bertz CT molecular complexity index is 502. The highest BCUT2D eigenvalue weighted by Gasteiger charge is 2.42. The van der Waals surface area contributed by atoms with Gasteiger partial charge in [0, 0.05) is 17.9 Å². The molecule has 4 unspecified atom stereocenters. The highest BCUT2D eigenvalue weighted by Crippen LogP contribution is 2.21. The van der Waals surface area contributed by atoms with E-state index in [2.05, 4.69) is 0 Å². The second kappa shape index (κ2) is 17.2. The fourth-order valence-electron chi connectivity index (χ4n) is 1.92. The largest absolute Gasteiger partial charge is 0.617 e. The third-order valence-corrected chi connectivity index (χ3v) is 8.39. The van der Waals surface area contributed by atoms with Crippen molar-refractivity contribution >= 4 is 63.8 Å². The minimum absolute atomic E-state index is 0.261. The maximum atomic E-state index is 12.5. The average Bonchev–Trinajstić information content (AvgIpc) is 2.66. The molecule has 6 atom stereocenters. The number of hydrogen-bond acceptors (Lipinski definition) is 10. The summed E-state index contributed by atoms with van der Waals surface area (Å²) in [6, 6.07) is -3.49. The number of hydrogen-bond donors (Lipinski definition) is 6. The molecular formula is C15H31N3O8S4. The average molecular weight is 510 g/mol. The first-order valence-corrected chi connectivity index (χ1v) is 14.2. The van der Waals surface area contributed by atoms with Crippen LogP contribution >= 0.6 is 23.5 Å². The zero-order chi connectivity index (χ0) is 24.0. The first-order valence-electron chi connectivity index (χ1n) is 8.44. The van der Waals surface area contributed by atoms with Crippen molar-refractivity contribution in [3.8, 4) is 0 Å². The molecule has 0 heterocycles. The normalized spacial score (nSPS) is 18.0. The third kappa shape index (κ3) is 13.1. The fraction of sp³-hybridized carbons (Fsp3) is 0.800. The zero-order valence-corrected chi connectivity index (χ0v) is 20.2. The number of carbonyl (C=O) groups is 3. The minimum atomic E-state index is -1.75. The van der Waals surface area contributed by atoms with E-state index in [9.17, 15) is 23.5 Å². The van der Waals surface area contributed by atoms with Crippen molar-refractivity contribution in [1.82, 2.24) is 0 Å². The van der Waals surface area contributed by atoms with Crippen molar-refractivity contribution in [2.45, 2.75) is 35.0 Å². The lowest BCUT2D eigenvalue weighted by molar-refractivity contribution is -0.139. The molecule has 30 heavy (non-hydrogen) atoms. The van der Waals surface area contributed by atoms with Crippen molar-refractivity contribution in [2.24, 2.45) is 17.2 Å². The molecule has 0 bridgehead atoms. The van der Waals surface area contributed by atoms with Crippen LogP contribution in [0.15, 0.2) is 0 Å². The topological polar surface area (TPSA) is 236 Å². The van der Waals surface area contributed by atoms with E-state index in [1.165, 1.54) is 29.8 Å². The molecule has 0 aliphatic heterocycles. The lowest BCUT2D eigenvalue weighted by Gasteiger charge is -2.31.